The molecule has 0 fully saturated rings. The second-order valence-corrected chi connectivity index (χ2v) is 5.29. The first-order valence-electron chi connectivity index (χ1n) is 6.52. The van der Waals surface area contributed by atoms with Gasteiger partial charge in [-0.2, -0.15) is 11.3 Å². The molecular formula is C15H19NO3S. The molecule has 0 saturated carbocycles. The maximum atomic E-state index is 9.86. The normalized spacial score (nSPS) is 13.9. The van der Waals surface area contributed by atoms with Crippen LogP contribution in [0.3, 0.4) is 0 Å². The highest BCUT2D eigenvalue weighted by molar-refractivity contribution is 7.07. The molecule has 1 aromatic carbocycles. The number of nitrogens with one attached hydrogen (secondary N) is 1. The first kappa shape index (κ1) is 15.0. The third-order valence-corrected chi connectivity index (χ3v) is 3.53. The van der Waals surface area contributed by atoms with Crippen molar-refractivity contribution in [1.82, 2.24) is 5.32 Å². The maximum absolute atomic E-state index is 9.86. The molecule has 20 heavy (non-hydrogen) atoms. The molecular weight excluding hydrogens is 274 g/mol. The molecule has 1 heterocycles. The summed E-state index contributed by atoms with van der Waals surface area (Å²) in [5.74, 6) is 0.741. The second-order valence-electron chi connectivity index (χ2n) is 4.51. The summed E-state index contributed by atoms with van der Waals surface area (Å²) in [4.78, 5) is 0. The van der Waals surface area contributed by atoms with E-state index in [0.29, 0.717) is 13.1 Å². The van der Waals surface area contributed by atoms with Crippen LogP contribution in [0.1, 0.15) is 11.7 Å². The number of rotatable bonds is 8. The van der Waals surface area contributed by atoms with Crippen LogP contribution in [0.5, 0.6) is 5.75 Å². The van der Waals surface area contributed by atoms with Gasteiger partial charge in [0.1, 0.15) is 18.5 Å². The third kappa shape index (κ3) is 4.94. The monoisotopic (exact) mass is 293 g/mol. The molecule has 0 saturated heterocycles. The molecule has 4 nitrogen and oxygen atoms in total. The van der Waals surface area contributed by atoms with Gasteiger partial charge in [0.25, 0.3) is 0 Å². The van der Waals surface area contributed by atoms with Crippen molar-refractivity contribution in [2.45, 2.75) is 12.2 Å². The fraction of sp³-hybridized carbons (Fsp3) is 0.333. The van der Waals surface area contributed by atoms with Gasteiger partial charge < -0.3 is 20.3 Å². The first-order valence-corrected chi connectivity index (χ1v) is 7.47. The van der Waals surface area contributed by atoms with Crippen molar-refractivity contribution >= 4 is 11.3 Å². The summed E-state index contributed by atoms with van der Waals surface area (Å²) >= 11 is 1.56. The molecule has 2 rings (SSSR count). The van der Waals surface area contributed by atoms with E-state index in [2.05, 4.69) is 5.32 Å². The zero-order valence-corrected chi connectivity index (χ0v) is 11.9. The summed E-state index contributed by atoms with van der Waals surface area (Å²) in [5, 5.41) is 26.5. The molecule has 0 aliphatic heterocycles. The number of thiophene rings is 1. The molecule has 2 unspecified atom stereocenters. The van der Waals surface area contributed by atoms with Crippen molar-refractivity contribution in [2.75, 3.05) is 19.7 Å². The van der Waals surface area contributed by atoms with Crippen LogP contribution in [0.2, 0.25) is 0 Å². The maximum Gasteiger partial charge on any atom is 0.119 e. The Morgan fingerprint density at radius 3 is 2.60 bits per heavy atom. The number of aliphatic hydroxyl groups is 2. The zero-order chi connectivity index (χ0) is 14.2. The number of hydrogen-bond donors (Lipinski definition) is 3. The van der Waals surface area contributed by atoms with E-state index >= 15 is 0 Å². The van der Waals surface area contributed by atoms with Crippen LogP contribution >= 0.6 is 11.3 Å². The number of para-hydroxylation sites is 1. The Morgan fingerprint density at radius 2 is 1.90 bits per heavy atom. The lowest BCUT2D eigenvalue weighted by Crippen LogP contribution is -2.33. The van der Waals surface area contributed by atoms with Gasteiger partial charge in [-0.1, -0.05) is 18.2 Å². The van der Waals surface area contributed by atoms with E-state index in [1.54, 1.807) is 11.3 Å². The predicted molar refractivity (Wildman–Crippen MR) is 80.1 cm³/mol. The Labute approximate surface area is 122 Å². The van der Waals surface area contributed by atoms with Crippen molar-refractivity contribution < 1.29 is 14.9 Å². The highest BCUT2D eigenvalue weighted by Gasteiger charge is 2.09. The fourth-order valence-electron chi connectivity index (χ4n) is 1.74. The SMILES string of the molecule is OC(CNCC(O)c1ccsc1)COc1ccccc1. The summed E-state index contributed by atoms with van der Waals surface area (Å²) in [6.45, 7) is 1.03. The van der Waals surface area contributed by atoms with Gasteiger partial charge in [0.05, 0.1) is 6.10 Å². The lowest BCUT2D eigenvalue weighted by atomic mass is 10.2. The summed E-state index contributed by atoms with van der Waals surface area (Å²) in [6, 6.07) is 11.3. The topological polar surface area (TPSA) is 61.7 Å². The van der Waals surface area contributed by atoms with Gasteiger partial charge in [0, 0.05) is 13.1 Å². The predicted octanol–water partition coefficient (Wildman–Crippen LogP) is 1.81. The van der Waals surface area contributed by atoms with Gasteiger partial charge in [0.2, 0.25) is 0 Å². The minimum absolute atomic E-state index is 0.228. The number of ether oxygens (including phenoxy) is 1. The second kappa shape index (κ2) is 8.01. The van der Waals surface area contributed by atoms with Crippen molar-refractivity contribution in [2.24, 2.45) is 0 Å². The summed E-state index contributed by atoms with van der Waals surface area (Å²) in [5.41, 5.74) is 0.900. The van der Waals surface area contributed by atoms with Crippen molar-refractivity contribution in [1.29, 1.82) is 0 Å². The van der Waals surface area contributed by atoms with Crippen molar-refractivity contribution in [3.8, 4) is 5.75 Å². The van der Waals surface area contributed by atoms with E-state index in [1.807, 2.05) is 47.2 Å². The van der Waals surface area contributed by atoms with Gasteiger partial charge in [0.15, 0.2) is 0 Å². The summed E-state index contributed by atoms with van der Waals surface area (Å²) in [7, 11) is 0. The van der Waals surface area contributed by atoms with Gasteiger partial charge in [-0.25, -0.2) is 0 Å². The van der Waals surface area contributed by atoms with Crippen LogP contribution < -0.4 is 10.1 Å². The Hall–Kier alpha value is -1.40. The molecule has 0 radical (unpaired) electrons. The minimum Gasteiger partial charge on any atom is -0.491 e. The van der Waals surface area contributed by atoms with E-state index in [-0.39, 0.29) is 6.61 Å². The molecule has 0 amide bonds. The van der Waals surface area contributed by atoms with Crippen LogP contribution in [0, 0.1) is 0 Å². The highest BCUT2D eigenvalue weighted by atomic mass is 32.1. The highest BCUT2D eigenvalue weighted by Crippen LogP contribution is 2.15. The molecule has 2 atom stereocenters. The number of hydrogen-bond acceptors (Lipinski definition) is 5. The van der Waals surface area contributed by atoms with E-state index in [9.17, 15) is 10.2 Å². The molecule has 0 spiro atoms. The van der Waals surface area contributed by atoms with Crippen LogP contribution in [0.4, 0.5) is 0 Å². The lowest BCUT2D eigenvalue weighted by Gasteiger charge is -2.15. The van der Waals surface area contributed by atoms with E-state index in [1.165, 1.54) is 0 Å². The molecule has 0 bridgehead atoms. The Kier molecular flexibility index (Phi) is 6.01. The number of aliphatic hydroxyl groups excluding tert-OH is 2. The van der Waals surface area contributed by atoms with Gasteiger partial charge in [-0.15, -0.1) is 0 Å². The Balaban J connectivity index is 1.62. The standard InChI is InChI=1S/C15H19NO3S/c17-13(10-19-14-4-2-1-3-5-14)8-16-9-15(18)12-6-7-20-11-12/h1-7,11,13,15-18H,8-10H2. The molecule has 3 N–H and O–H groups in total. The smallest absolute Gasteiger partial charge is 0.119 e. The van der Waals surface area contributed by atoms with Crippen molar-refractivity contribution in [3.05, 3.63) is 52.7 Å². The molecule has 0 aliphatic rings. The lowest BCUT2D eigenvalue weighted by molar-refractivity contribution is 0.0997. The van der Waals surface area contributed by atoms with Crippen molar-refractivity contribution in [3.63, 3.8) is 0 Å². The molecule has 0 aliphatic carbocycles. The van der Waals surface area contributed by atoms with E-state index in [0.717, 1.165) is 11.3 Å². The van der Waals surface area contributed by atoms with Gasteiger partial charge in [-0.3, -0.25) is 0 Å². The zero-order valence-electron chi connectivity index (χ0n) is 11.1. The number of benzene rings is 1. The van der Waals surface area contributed by atoms with Crippen LogP contribution in [0.25, 0.3) is 0 Å². The van der Waals surface area contributed by atoms with Crippen LogP contribution in [-0.2, 0) is 0 Å². The largest absolute Gasteiger partial charge is 0.491 e. The third-order valence-electron chi connectivity index (χ3n) is 2.83. The summed E-state index contributed by atoms with van der Waals surface area (Å²) in [6.07, 6.45) is -1.15. The molecule has 2 aromatic rings. The van der Waals surface area contributed by atoms with Crippen LogP contribution in [0.15, 0.2) is 47.2 Å². The Bertz CT molecular complexity index is 475. The molecule has 1 aromatic heterocycles. The van der Waals surface area contributed by atoms with E-state index < -0.39 is 12.2 Å². The minimum atomic E-state index is -0.607. The Morgan fingerprint density at radius 1 is 1.10 bits per heavy atom. The van der Waals surface area contributed by atoms with E-state index in [4.69, 9.17) is 4.74 Å². The summed E-state index contributed by atoms with van der Waals surface area (Å²) < 4.78 is 5.45. The van der Waals surface area contributed by atoms with Gasteiger partial charge >= 0.3 is 0 Å². The average Bonchev–Trinajstić information content (AvgIpc) is 3.00. The van der Waals surface area contributed by atoms with Crippen LogP contribution in [-0.4, -0.2) is 36.0 Å². The molecule has 5 heteroatoms. The average molecular weight is 293 g/mol. The quantitative estimate of drug-likeness (QED) is 0.695. The molecule has 108 valence electrons. The fourth-order valence-corrected chi connectivity index (χ4v) is 2.44. The first-order chi connectivity index (χ1) is 9.75. The van der Waals surface area contributed by atoms with Gasteiger partial charge in [-0.05, 0) is 34.5 Å².